The molecule has 2 N–H and O–H groups in total. The quantitative estimate of drug-likeness (QED) is 0.557. The van der Waals surface area contributed by atoms with Gasteiger partial charge >= 0.3 is 0 Å². The highest BCUT2D eigenvalue weighted by molar-refractivity contribution is 5.79. The Hall–Kier alpha value is -2.57. The van der Waals surface area contributed by atoms with Crippen molar-refractivity contribution in [3.05, 3.63) is 42.0 Å². The average molecular weight is 358 g/mol. The summed E-state index contributed by atoms with van der Waals surface area (Å²) in [7, 11) is 3.46. The molecule has 0 bridgehead atoms. The molecule has 7 nitrogen and oxygen atoms in total. The van der Waals surface area contributed by atoms with Crippen LogP contribution in [0.4, 0.5) is 0 Å². The maximum Gasteiger partial charge on any atom is 0.191 e. The van der Waals surface area contributed by atoms with Gasteiger partial charge in [-0.15, -0.1) is 10.2 Å². The number of hydrogen-bond donors (Lipinski definition) is 2. The number of aryl methyl sites for hydroxylation is 1. The number of guanidine groups is 1. The van der Waals surface area contributed by atoms with Crippen molar-refractivity contribution in [2.24, 2.45) is 4.99 Å². The first kappa shape index (κ1) is 19.8. The number of aliphatic imine (C=N–C) groups is 1. The van der Waals surface area contributed by atoms with Gasteiger partial charge in [-0.3, -0.25) is 4.99 Å². The van der Waals surface area contributed by atoms with Gasteiger partial charge in [0.25, 0.3) is 0 Å². The minimum Gasteiger partial charge on any atom is -0.497 e. The normalized spacial score (nSPS) is 12.1. The van der Waals surface area contributed by atoms with Crippen LogP contribution in [0.3, 0.4) is 0 Å². The zero-order valence-electron chi connectivity index (χ0n) is 16.4. The first-order chi connectivity index (χ1) is 12.5. The molecule has 1 aromatic heterocycles. The molecule has 0 fully saturated rings. The van der Waals surface area contributed by atoms with Crippen LogP contribution in [0, 0.1) is 0 Å². The van der Waals surface area contributed by atoms with E-state index in [1.807, 2.05) is 12.1 Å². The zero-order valence-corrected chi connectivity index (χ0v) is 16.4. The second-order valence-electron chi connectivity index (χ2n) is 6.76. The van der Waals surface area contributed by atoms with Crippen LogP contribution in [0.2, 0.25) is 0 Å². The minimum atomic E-state index is -0.0342. The highest BCUT2D eigenvalue weighted by Gasteiger charge is 2.21. The van der Waals surface area contributed by atoms with E-state index in [4.69, 9.17) is 4.74 Å². The molecule has 0 aliphatic rings. The van der Waals surface area contributed by atoms with Crippen LogP contribution in [-0.4, -0.2) is 48.0 Å². The van der Waals surface area contributed by atoms with Crippen LogP contribution >= 0.6 is 0 Å². The molecule has 0 spiro atoms. The second kappa shape index (κ2) is 9.22. The van der Waals surface area contributed by atoms with E-state index in [9.17, 15) is 0 Å². The topological polar surface area (TPSA) is 76.4 Å². The van der Waals surface area contributed by atoms with Crippen molar-refractivity contribution in [3.63, 3.8) is 0 Å². The number of aromatic nitrogens is 3. The van der Waals surface area contributed by atoms with Gasteiger partial charge in [0.1, 0.15) is 17.9 Å². The van der Waals surface area contributed by atoms with Crippen molar-refractivity contribution in [2.75, 3.05) is 27.2 Å². The Bertz CT molecular complexity index is 705. The molecule has 0 saturated carbocycles. The Morgan fingerprint density at radius 3 is 2.58 bits per heavy atom. The van der Waals surface area contributed by atoms with Gasteiger partial charge in [0.2, 0.25) is 0 Å². The molecular weight excluding hydrogens is 328 g/mol. The van der Waals surface area contributed by atoms with E-state index >= 15 is 0 Å². The summed E-state index contributed by atoms with van der Waals surface area (Å²) < 4.78 is 7.29. The highest BCUT2D eigenvalue weighted by Crippen LogP contribution is 2.24. The Kier molecular flexibility index (Phi) is 7.00. The van der Waals surface area contributed by atoms with Crippen LogP contribution in [0.25, 0.3) is 0 Å². The minimum absolute atomic E-state index is 0.0342. The maximum absolute atomic E-state index is 5.23. The SMILES string of the molecule is CCc1nncn1CCNC(=NC)NCC(C)(C)c1ccc(OC)cc1. The Morgan fingerprint density at radius 2 is 1.96 bits per heavy atom. The Morgan fingerprint density at radius 1 is 1.23 bits per heavy atom. The predicted octanol–water partition coefficient (Wildman–Crippen LogP) is 1.99. The summed E-state index contributed by atoms with van der Waals surface area (Å²) >= 11 is 0. The van der Waals surface area contributed by atoms with Crippen molar-refractivity contribution in [2.45, 2.75) is 39.2 Å². The Labute approximate surface area is 155 Å². The van der Waals surface area contributed by atoms with Gasteiger partial charge in [0.05, 0.1) is 7.11 Å². The van der Waals surface area contributed by atoms with E-state index in [2.05, 4.69) is 63.3 Å². The van der Waals surface area contributed by atoms with Crippen molar-refractivity contribution in [1.29, 1.82) is 0 Å². The first-order valence-corrected chi connectivity index (χ1v) is 8.96. The summed E-state index contributed by atoms with van der Waals surface area (Å²) in [6.45, 7) is 8.83. The van der Waals surface area contributed by atoms with Crippen molar-refractivity contribution >= 4 is 5.96 Å². The number of rotatable bonds is 8. The molecular formula is C19H30N6O. The summed E-state index contributed by atoms with van der Waals surface area (Å²) in [5.41, 5.74) is 1.21. The largest absolute Gasteiger partial charge is 0.497 e. The van der Waals surface area contributed by atoms with Gasteiger partial charge in [-0.05, 0) is 17.7 Å². The van der Waals surface area contributed by atoms with E-state index in [1.165, 1.54) is 5.56 Å². The smallest absolute Gasteiger partial charge is 0.191 e. The molecule has 0 aliphatic carbocycles. The fourth-order valence-electron chi connectivity index (χ4n) is 2.70. The lowest BCUT2D eigenvalue weighted by molar-refractivity contribution is 0.414. The van der Waals surface area contributed by atoms with Crippen LogP contribution in [0.1, 0.15) is 32.2 Å². The third-order valence-electron chi connectivity index (χ3n) is 4.45. The van der Waals surface area contributed by atoms with E-state index < -0.39 is 0 Å². The van der Waals surface area contributed by atoms with Crippen molar-refractivity contribution in [1.82, 2.24) is 25.4 Å². The maximum atomic E-state index is 5.23. The number of nitrogens with one attached hydrogen (secondary N) is 2. The van der Waals surface area contributed by atoms with E-state index in [0.29, 0.717) is 0 Å². The highest BCUT2D eigenvalue weighted by atomic mass is 16.5. The summed E-state index contributed by atoms with van der Waals surface area (Å²) in [4.78, 5) is 4.31. The molecule has 2 rings (SSSR count). The number of nitrogens with zero attached hydrogens (tertiary/aromatic N) is 4. The fraction of sp³-hybridized carbons (Fsp3) is 0.526. The van der Waals surface area contributed by atoms with Gasteiger partial charge in [0.15, 0.2) is 5.96 Å². The van der Waals surface area contributed by atoms with E-state index in [0.717, 1.165) is 43.6 Å². The molecule has 0 amide bonds. The molecule has 1 aromatic carbocycles. The van der Waals surface area contributed by atoms with Crippen LogP contribution in [-0.2, 0) is 18.4 Å². The molecule has 0 unspecified atom stereocenters. The van der Waals surface area contributed by atoms with Gasteiger partial charge in [-0.1, -0.05) is 32.9 Å². The fourth-order valence-corrected chi connectivity index (χ4v) is 2.70. The lowest BCUT2D eigenvalue weighted by Gasteiger charge is -2.27. The molecule has 0 radical (unpaired) electrons. The summed E-state index contributed by atoms with van der Waals surface area (Å²) in [5.74, 6) is 2.66. The summed E-state index contributed by atoms with van der Waals surface area (Å²) in [5, 5.41) is 14.8. The summed E-state index contributed by atoms with van der Waals surface area (Å²) in [6, 6.07) is 8.20. The second-order valence-corrected chi connectivity index (χ2v) is 6.76. The average Bonchev–Trinajstić information content (AvgIpc) is 3.12. The monoisotopic (exact) mass is 358 g/mol. The zero-order chi connectivity index (χ0) is 19.0. The van der Waals surface area contributed by atoms with Gasteiger partial charge < -0.3 is 19.9 Å². The van der Waals surface area contributed by atoms with Gasteiger partial charge in [-0.25, -0.2) is 0 Å². The van der Waals surface area contributed by atoms with Crippen molar-refractivity contribution < 1.29 is 4.74 Å². The molecule has 0 saturated heterocycles. The third kappa shape index (κ3) is 5.21. The van der Waals surface area contributed by atoms with E-state index in [1.54, 1.807) is 20.5 Å². The number of methoxy groups -OCH3 is 1. The lowest BCUT2D eigenvalue weighted by Crippen LogP contribution is -2.44. The molecule has 2 aromatic rings. The van der Waals surface area contributed by atoms with Crippen LogP contribution < -0.4 is 15.4 Å². The molecule has 0 aliphatic heterocycles. The first-order valence-electron chi connectivity index (χ1n) is 8.96. The van der Waals surface area contributed by atoms with Gasteiger partial charge in [-0.2, -0.15) is 0 Å². The Balaban J connectivity index is 1.85. The molecule has 0 atom stereocenters. The lowest BCUT2D eigenvalue weighted by atomic mass is 9.84. The molecule has 142 valence electrons. The number of hydrogen-bond acceptors (Lipinski definition) is 4. The molecule has 26 heavy (non-hydrogen) atoms. The molecule has 7 heteroatoms. The van der Waals surface area contributed by atoms with E-state index in [-0.39, 0.29) is 5.41 Å². The predicted molar refractivity (Wildman–Crippen MR) is 105 cm³/mol. The number of ether oxygens (including phenoxy) is 1. The van der Waals surface area contributed by atoms with Gasteiger partial charge in [0, 0.05) is 38.5 Å². The summed E-state index contributed by atoms with van der Waals surface area (Å²) in [6.07, 6.45) is 2.65. The molecule has 1 heterocycles. The van der Waals surface area contributed by atoms with Crippen LogP contribution in [0.15, 0.2) is 35.6 Å². The van der Waals surface area contributed by atoms with Crippen LogP contribution in [0.5, 0.6) is 5.75 Å². The third-order valence-corrected chi connectivity index (χ3v) is 4.45. The van der Waals surface area contributed by atoms with Crippen molar-refractivity contribution in [3.8, 4) is 5.75 Å². The standard InChI is InChI=1S/C19H30N6O/c1-6-17-24-23-14-25(17)12-11-21-18(20-4)22-13-19(2,3)15-7-9-16(26-5)10-8-15/h7-10,14H,6,11-13H2,1-5H3,(H2,20,21,22). The number of benzene rings is 1.